The van der Waals surface area contributed by atoms with E-state index in [0.29, 0.717) is 9.13 Å². The number of halogens is 2. The van der Waals surface area contributed by atoms with Crippen LogP contribution in [0.2, 0.25) is 0 Å². The maximum atomic E-state index is 11.9. The minimum absolute atomic E-state index is 0.0196. The fourth-order valence-corrected chi connectivity index (χ4v) is 6.49. The molecule has 0 spiro atoms. The highest BCUT2D eigenvalue weighted by molar-refractivity contribution is 14.1. The summed E-state index contributed by atoms with van der Waals surface area (Å²) in [5, 5.41) is 0. The summed E-state index contributed by atoms with van der Waals surface area (Å²) in [4.78, 5) is -1.98. The maximum absolute atomic E-state index is 11.9. The van der Waals surface area contributed by atoms with E-state index >= 15 is 0 Å². The van der Waals surface area contributed by atoms with Crippen LogP contribution < -0.4 is 11.5 Å². The van der Waals surface area contributed by atoms with Crippen LogP contribution in [0.3, 0.4) is 0 Å². The largest absolute Gasteiger partial charge is 0.397 e. The first-order valence-electron chi connectivity index (χ1n) is 6.63. The topological polar surface area (TPSA) is 161 Å². The molecule has 26 heavy (non-hydrogen) atoms. The normalized spacial score (nSPS) is 13.4. The van der Waals surface area contributed by atoms with Crippen molar-refractivity contribution in [1.82, 2.24) is 0 Å². The van der Waals surface area contributed by atoms with E-state index in [1.807, 2.05) is 0 Å². The van der Waals surface area contributed by atoms with Crippen LogP contribution in [0.25, 0.3) is 11.4 Å². The second-order valence-electron chi connectivity index (χ2n) is 5.02. The average Bonchev–Trinajstić information content (AvgIpc) is 2.54. The molecule has 8 nitrogen and oxygen atoms in total. The Labute approximate surface area is 177 Å². The summed E-state index contributed by atoms with van der Waals surface area (Å²) in [6.07, 6.45) is 0. The summed E-state index contributed by atoms with van der Waals surface area (Å²) in [7, 11) is -10.1. The highest BCUT2D eigenvalue weighted by atomic mass is 127. The molecule has 0 atom stereocenters. The van der Waals surface area contributed by atoms with Gasteiger partial charge in [-0.2, -0.15) is 16.8 Å². The van der Waals surface area contributed by atoms with Gasteiger partial charge in [-0.05, 0) is 56.8 Å². The van der Waals surface area contributed by atoms with E-state index in [1.165, 1.54) is 6.07 Å². The number of nitrogens with two attached hydrogens (primary N) is 2. The molecule has 2 rings (SSSR count). The number of benzene rings is 2. The maximum Gasteiger partial charge on any atom is 0.297 e. The van der Waals surface area contributed by atoms with Crippen LogP contribution in [0.4, 0.5) is 0 Å². The molecule has 0 aromatic heterocycles. The van der Waals surface area contributed by atoms with E-state index in [2.05, 4.69) is 0 Å². The highest BCUT2D eigenvalue weighted by Gasteiger charge is 2.32. The van der Waals surface area contributed by atoms with Crippen LogP contribution in [0.15, 0.2) is 46.2 Å². The second-order valence-corrected chi connectivity index (χ2v) is 9.98. The predicted octanol–water partition coefficient (Wildman–Crippen LogP) is 2.13. The number of rotatable bonds is 4. The molecule has 0 saturated carbocycles. The van der Waals surface area contributed by atoms with Gasteiger partial charge in [-0.3, -0.25) is 9.11 Å². The van der Waals surface area contributed by atoms with E-state index in [1.54, 1.807) is 75.5 Å². The van der Waals surface area contributed by atoms with Crippen molar-refractivity contribution >= 4 is 76.8 Å². The summed E-state index contributed by atoms with van der Waals surface area (Å²) >= 11 is 3.31. The third-order valence-corrected chi connectivity index (χ3v) is 8.67. The molecule has 2 aromatic rings. The molecule has 0 saturated heterocycles. The Morgan fingerprint density at radius 1 is 0.846 bits per heavy atom. The Balaban J connectivity index is 3.01. The quantitative estimate of drug-likeness (QED) is 0.229. The minimum atomic E-state index is -5.06. The zero-order chi connectivity index (χ0) is 19.9. The van der Waals surface area contributed by atoms with Crippen molar-refractivity contribution in [3.8, 4) is 0 Å². The molecule has 0 heterocycles. The van der Waals surface area contributed by atoms with Gasteiger partial charge in [-0.15, -0.1) is 0 Å². The molecule has 2 aromatic carbocycles. The van der Waals surface area contributed by atoms with Crippen molar-refractivity contribution in [1.29, 1.82) is 0 Å². The molecule has 0 radical (unpaired) electrons. The zero-order valence-electron chi connectivity index (χ0n) is 12.7. The van der Waals surface area contributed by atoms with Crippen LogP contribution >= 0.6 is 45.2 Å². The molecule has 0 aliphatic rings. The van der Waals surface area contributed by atoms with Crippen molar-refractivity contribution in [2.45, 2.75) is 9.79 Å². The third-order valence-electron chi connectivity index (χ3n) is 3.31. The Bertz CT molecular complexity index is 1110. The van der Waals surface area contributed by atoms with Gasteiger partial charge in [0.05, 0.1) is 11.4 Å². The standard InChI is InChI=1S/C14H12I2N2O6S2/c15-9-6-8(12(18)11(17)7-4-2-1-3-5-7)13(25(19,20)21)14(10(9)16)26(22,23)24/h1-6H,17-18H2,(H,19,20,21)(H,22,23,24). The number of hydrogen-bond donors (Lipinski definition) is 4. The molecule has 140 valence electrons. The first-order chi connectivity index (χ1) is 11.9. The summed E-state index contributed by atoms with van der Waals surface area (Å²) < 4.78 is 66.7. The highest BCUT2D eigenvalue weighted by Crippen LogP contribution is 2.36. The zero-order valence-corrected chi connectivity index (χ0v) is 18.7. The predicted molar refractivity (Wildman–Crippen MR) is 113 cm³/mol. The van der Waals surface area contributed by atoms with Crippen LogP contribution in [0.1, 0.15) is 11.1 Å². The van der Waals surface area contributed by atoms with E-state index in [9.17, 15) is 25.9 Å². The van der Waals surface area contributed by atoms with Crippen LogP contribution in [-0.2, 0) is 20.2 Å². The molecule has 0 bridgehead atoms. The lowest BCUT2D eigenvalue weighted by Gasteiger charge is -2.16. The van der Waals surface area contributed by atoms with Crippen molar-refractivity contribution in [2.24, 2.45) is 11.5 Å². The van der Waals surface area contributed by atoms with Gasteiger partial charge in [0.15, 0.2) is 0 Å². The molecule has 6 N–H and O–H groups in total. The summed E-state index contributed by atoms with van der Waals surface area (Å²) in [6.45, 7) is 0. The van der Waals surface area contributed by atoms with Crippen molar-refractivity contribution in [2.75, 3.05) is 0 Å². The van der Waals surface area contributed by atoms with Crippen molar-refractivity contribution in [3.63, 3.8) is 0 Å². The van der Waals surface area contributed by atoms with E-state index in [-0.39, 0.29) is 20.5 Å². The molecule has 0 amide bonds. The van der Waals surface area contributed by atoms with Gasteiger partial charge in [-0.1, -0.05) is 30.3 Å². The van der Waals surface area contributed by atoms with Crippen LogP contribution in [-0.4, -0.2) is 25.9 Å². The Kier molecular flexibility index (Phi) is 6.23. The van der Waals surface area contributed by atoms with Gasteiger partial charge < -0.3 is 11.5 Å². The average molecular weight is 622 g/mol. The fourth-order valence-electron chi connectivity index (χ4n) is 2.19. The monoisotopic (exact) mass is 622 g/mol. The lowest BCUT2D eigenvalue weighted by atomic mass is 10.1. The van der Waals surface area contributed by atoms with E-state index < -0.39 is 30.0 Å². The van der Waals surface area contributed by atoms with Crippen LogP contribution in [0.5, 0.6) is 0 Å². The van der Waals surface area contributed by atoms with E-state index in [4.69, 9.17) is 11.5 Å². The molecule has 0 unspecified atom stereocenters. The van der Waals surface area contributed by atoms with Gasteiger partial charge in [-0.25, -0.2) is 0 Å². The Morgan fingerprint density at radius 3 is 1.81 bits per heavy atom. The molecule has 12 heteroatoms. The SMILES string of the molecule is NC(=C(N)c1cc(I)c(I)c(S(=O)(=O)O)c1S(=O)(=O)O)c1ccccc1. The summed E-state index contributed by atoms with van der Waals surface area (Å²) in [5.41, 5.74) is 11.8. The van der Waals surface area contributed by atoms with Gasteiger partial charge in [0.1, 0.15) is 9.79 Å². The fraction of sp³-hybridized carbons (Fsp3) is 0. The molecule has 0 aliphatic heterocycles. The van der Waals surface area contributed by atoms with Crippen molar-refractivity contribution < 1.29 is 25.9 Å². The third kappa shape index (κ3) is 4.30. The Morgan fingerprint density at radius 2 is 1.35 bits per heavy atom. The molecular formula is C14H12I2N2O6S2. The van der Waals surface area contributed by atoms with Crippen LogP contribution in [0, 0.1) is 7.14 Å². The van der Waals surface area contributed by atoms with Gasteiger partial charge in [0, 0.05) is 12.7 Å². The summed E-state index contributed by atoms with van der Waals surface area (Å²) in [6, 6.07) is 9.61. The van der Waals surface area contributed by atoms with Gasteiger partial charge >= 0.3 is 0 Å². The Hall–Kier alpha value is -0.940. The lowest BCUT2D eigenvalue weighted by molar-refractivity contribution is 0.465. The molecule has 0 fully saturated rings. The second kappa shape index (κ2) is 7.59. The minimum Gasteiger partial charge on any atom is -0.397 e. The first-order valence-corrected chi connectivity index (χ1v) is 11.7. The van der Waals surface area contributed by atoms with E-state index in [0.717, 1.165) is 0 Å². The first kappa shape index (κ1) is 21.4. The number of hydrogen-bond acceptors (Lipinski definition) is 6. The van der Waals surface area contributed by atoms with Gasteiger partial charge in [0.25, 0.3) is 20.2 Å². The van der Waals surface area contributed by atoms with Crippen molar-refractivity contribution in [3.05, 3.63) is 54.7 Å². The molecule has 0 aliphatic carbocycles. The molecular weight excluding hydrogens is 610 g/mol. The van der Waals surface area contributed by atoms with Gasteiger partial charge in [0.2, 0.25) is 0 Å². The lowest BCUT2D eigenvalue weighted by Crippen LogP contribution is -2.17. The summed E-state index contributed by atoms with van der Waals surface area (Å²) in [5.74, 6) is 0. The smallest absolute Gasteiger partial charge is 0.297 e.